The van der Waals surface area contributed by atoms with Crippen LogP contribution in [0.2, 0.25) is 4.34 Å². The Kier molecular flexibility index (Phi) is 5.03. The first-order valence-corrected chi connectivity index (χ1v) is 7.63. The molecule has 1 fully saturated rings. The second-order valence-corrected chi connectivity index (χ2v) is 6.41. The zero-order valence-corrected chi connectivity index (χ0v) is 12.3. The Labute approximate surface area is 117 Å². The van der Waals surface area contributed by atoms with Gasteiger partial charge in [-0.3, -0.25) is 9.69 Å². The van der Waals surface area contributed by atoms with E-state index >= 15 is 0 Å². The first-order valence-electron chi connectivity index (χ1n) is 6.43. The number of carbonyl (C=O) groups excluding carboxylic acids is 1. The predicted molar refractivity (Wildman–Crippen MR) is 76.1 cm³/mol. The van der Waals surface area contributed by atoms with Crippen molar-refractivity contribution in [1.82, 2.24) is 9.80 Å². The molecule has 1 amide bonds. The number of amides is 1. The number of hydrogen-bond acceptors (Lipinski definition) is 3. The molecule has 3 nitrogen and oxygen atoms in total. The fourth-order valence-corrected chi connectivity index (χ4v) is 3.31. The number of halogens is 1. The lowest BCUT2D eigenvalue weighted by Crippen LogP contribution is -2.48. The summed E-state index contributed by atoms with van der Waals surface area (Å²) in [5.74, 6) is 0.302. The highest BCUT2D eigenvalue weighted by Gasteiger charge is 2.20. The van der Waals surface area contributed by atoms with Crippen molar-refractivity contribution in [2.24, 2.45) is 0 Å². The highest BCUT2D eigenvalue weighted by molar-refractivity contribution is 7.16. The van der Waals surface area contributed by atoms with E-state index in [0.717, 1.165) is 43.5 Å². The van der Waals surface area contributed by atoms with Crippen LogP contribution in [0.5, 0.6) is 0 Å². The molecule has 0 aliphatic carbocycles. The van der Waals surface area contributed by atoms with Crippen LogP contribution in [0.25, 0.3) is 0 Å². The van der Waals surface area contributed by atoms with E-state index in [1.165, 1.54) is 4.88 Å². The Morgan fingerprint density at radius 1 is 1.33 bits per heavy atom. The van der Waals surface area contributed by atoms with Crippen molar-refractivity contribution in [2.45, 2.75) is 26.3 Å². The fourth-order valence-electron chi connectivity index (χ4n) is 2.18. The molecule has 0 aromatic carbocycles. The molecule has 1 aliphatic heterocycles. The summed E-state index contributed by atoms with van der Waals surface area (Å²) in [6, 6.07) is 4.03. The summed E-state index contributed by atoms with van der Waals surface area (Å²) in [6.07, 6.45) is 1.62. The number of rotatable bonds is 4. The van der Waals surface area contributed by atoms with Gasteiger partial charge >= 0.3 is 0 Å². The minimum atomic E-state index is 0.302. The molecule has 0 bridgehead atoms. The number of nitrogens with zero attached hydrogens (tertiary/aromatic N) is 2. The Morgan fingerprint density at radius 3 is 2.61 bits per heavy atom. The Bertz CT molecular complexity index is 399. The average Bonchev–Trinajstić information content (AvgIpc) is 2.76. The molecule has 100 valence electrons. The van der Waals surface area contributed by atoms with Crippen LogP contribution < -0.4 is 0 Å². The zero-order valence-electron chi connectivity index (χ0n) is 10.7. The summed E-state index contributed by atoms with van der Waals surface area (Å²) in [6.45, 7) is 6.65. The minimum Gasteiger partial charge on any atom is -0.340 e. The van der Waals surface area contributed by atoms with Gasteiger partial charge in [-0.1, -0.05) is 18.5 Å². The molecule has 1 aromatic rings. The van der Waals surface area contributed by atoms with Crippen LogP contribution in [0.4, 0.5) is 0 Å². The second-order valence-electron chi connectivity index (χ2n) is 4.61. The third kappa shape index (κ3) is 3.70. The van der Waals surface area contributed by atoms with E-state index in [4.69, 9.17) is 11.6 Å². The summed E-state index contributed by atoms with van der Waals surface area (Å²) in [5.41, 5.74) is 0. The normalized spacial score (nSPS) is 17.1. The first kappa shape index (κ1) is 13.8. The molecule has 1 saturated heterocycles. The SMILES string of the molecule is CCCC(=O)N1CCN(Cc2ccc(Cl)s2)CC1. The quantitative estimate of drug-likeness (QED) is 0.850. The molecule has 2 rings (SSSR count). The van der Waals surface area contributed by atoms with E-state index in [-0.39, 0.29) is 0 Å². The molecule has 0 spiro atoms. The topological polar surface area (TPSA) is 23.6 Å². The van der Waals surface area contributed by atoms with E-state index in [1.54, 1.807) is 11.3 Å². The van der Waals surface area contributed by atoms with Gasteiger partial charge in [0.2, 0.25) is 5.91 Å². The molecule has 0 unspecified atom stereocenters. The molecule has 0 atom stereocenters. The fraction of sp³-hybridized carbons (Fsp3) is 0.615. The van der Waals surface area contributed by atoms with E-state index in [1.807, 2.05) is 11.0 Å². The third-order valence-electron chi connectivity index (χ3n) is 3.20. The van der Waals surface area contributed by atoms with Crippen molar-refractivity contribution < 1.29 is 4.79 Å². The van der Waals surface area contributed by atoms with Crippen LogP contribution in [0, 0.1) is 0 Å². The maximum absolute atomic E-state index is 11.8. The maximum atomic E-state index is 11.8. The van der Waals surface area contributed by atoms with Gasteiger partial charge < -0.3 is 4.90 Å². The summed E-state index contributed by atoms with van der Waals surface area (Å²) >= 11 is 7.56. The lowest BCUT2D eigenvalue weighted by Gasteiger charge is -2.34. The van der Waals surface area contributed by atoms with Gasteiger partial charge in [0.25, 0.3) is 0 Å². The monoisotopic (exact) mass is 286 g/mol. The average molecular weight is 287 g/mol. The van der Waals surface area contributed by atoms with E-state index in [9.17, 15) is 4.79 Å². The van der Waals surface area contributed by atoms with Crippen LogP contribution in [-0.2, 0) is 11.3 Å². The highest BCUT2D eigenvalue weighted by Crippen LogP contribution is 2.23. The van der Waals surface area contributed by atoms with Crippen molar-refractivity contribution >= 4 is 28.8 Å². The lowest BCUT2D eigenvalue weighted by molar-refractivity contribution is -0.133. The van der Waals surface area contributed by atoms with E-state index in [2.05, 4.69) is 17.9 Å². The summed E-state index contributed by atoms with van der Waals surface area (Å²) in [5, 5.41) is 0. The van der Waals surface area contributed by atoms with Gasteiger partial charge in [-0.05, 0) is 18.6 Å². The number of piperazine rings is 1. The van der Waals surface area contributed by atoms with Crippen molar-refractivity contribution in [3.63, 3.8) is 0 Å². The number of thiophene rings is 1. The summed E-state index contributed by atoms with van der Waals surface area (Å²) in [4.78, 5) is 17.4. The second kappa shape index (κ2) is 6.55. The molecule has 5 heteroatoms. The Balaban J connectivity index is 1.78. The summed E-state index contributed by atoms with van der Waals surface area (Å²) in [7, 11) is 0. The van der Waals surface area contributed by atoms with Crippen LogP contribution in [0.3, 0.4) is 0 Å². The Hall–Kier alpha value is -0.580. The van der Waals surface area contributed by atoms with Crippen LogP contribution in [0.15, 0.2) is 12.1 Å². The Morgan fingerprint density at radius 2 is 2.06 bits per heavy atom. The molecule has 0 N–H and O–H groups in total. The number of carbonyl (C=O) groups is 1. The molecule has 18 heavy (non-hydrogen) atoms. The van der Waals surface area contributed by atoms with Crippen LogP contribution >= 0.6 is 22.9 Å². The third-order valence-corrected chi connectivity index (χ3v) is 4.41. The van der Waals surface area contributed by atoms with Crippen molar-refractivity contribution in [1.29, 1.82) is 0 Å². The molecule has 1 aliphatic rings. The van der Waals surface area contributed by atoms with Crippen molar-refractivity contribution in [3.8, 4) is 0 Å². The van der Waals surface area contributed by atoms with Gasteiger partial charge in [0.15, 0.2) is 0 Å². The molecule has 0 saturated carbocycles. The molecular formula is C13H19ClN2OS. The van der Waals surface area contributed by atoms with Gasteiger partial charge in [-0.2, -0.15) is 0 Å². The zero-order chi connectivity index (χ0) is 13.0. The van der Waals surface area contributed by atoms with Gasteiger partial charge in [-0.15, -0.1) is 11.3 Å². The largest absolute Gasteiger partial charge is 0.340 e. The standard InChI is InChI=1S/C13H19ClN2OS/c1-2-3-13(17)16-8-6-15(7-9-16)10-11-4-5-12(14)18-11/h4-5H,2-3,6-10H2,1H3. The van der Waals surface area contributed by atoms with E-state index < -0.39 is 0 Å². The highest BCUT2D eigenvalue weighted by atomic mass is 35.5. The van der Waals surface area contributed by atoms with Crippen LogP contribution in [-0.4, -0.2) is 41.9 Å². The first-order chi connectivity index (χ1) is 8.69. The van der Waals surface area contributed by atoms with E-state index in [0.29, 0.717) is 12.3 Å². The van der Waals surface area contributed by atoms with Gasteiger partial charge in [0.1, 0.15) is 0 Å². The number of hydrogen-bond donors (Lipinski definition) is 0. The van der Waals surface area contributed by atoms with Crippen LogP contribution in [0.1, 0.15) is 24.6 Å². The smallest absolute Gasteiger partial charge is 0.222 e. The van der Waals surface area contributed by atoms with Gasteiger partial charge in [-0.25, -0.2) is 0 Å². The molecular weight excluding hydrogens is 268 g/mol. The molecule has 0 radical (unpaired) electrons. The summed E-state index contributed by atoms with van der Waals surface area (Å²) < 4.78 is 0.849. The van der Waals surface area contributed by atoms with Crippen molar-refractivity contribution in [2.75, 3.05) is 26.2 Å². The lowest BCUT2D eigenvalue weighted by atomic mass is 10.2. The van der Waals surface area contributed by atoms with Crippen molar-refractivity contribution in [3.05, 3.63) is 21.3 Å². The molecule has 1 aromatic heterocycles. The van der Waals surface area contributed by atoms with Gasteiger partial charge in [0, 0.05) is 44.0 Å². The van der Waals surface area contributed by atoms with Gasteiger partial charge in [0.05, 0.1) is 4.34 Å². The minimum absolute atomic E-state index is 0.302. The maximum Gasteiger partial charge on any atom is 0.222 e. The molecule has 2 heterocycles. The predicted octanol–water partition coefficient (Wildman–Crippen LogP) is 2.85.